The average molecular weight is 306 g/mol. The van der Waals surface area contributed by atoms with Crippen LogP contribution in [0.2, 0.25) is 0 Å². The summed E-state index contributed by atoms with van der Waals surface area (Å²) in [4.78, 5) is 0. The molecule has 1 unspecified atom stereocenters. The zero-order chi connectivity index (χ0) is 13.1. The number of hydrazine groups is 1. The molecule has 0 spiro atoms. The fraction of sp³-hybridized carbons (Fsp3) is 0.143. The molecule has 2 rings (SSSR count). The largest absolute Gasteiger partial charge is 0.398 e. The Morgan fingerprint density at radius 1 is 1.11 bits per heavy atom. The minimum Gasteiger partial charge on any atom is -0.398 e. The maximum atomic E-state index is 6.02. The lowest BCUT2D eigenvalue weighted by molar-refractivity contribution is 0.638. The van der Waals surface area contributed by atoms with E-state index in [4.69, 9.17) is 11.6 Å². The predicted molar refractivity (Wildman–Crippen MR) is 78.9 cm³/mol. The first-order valence-corrected chi connectivity index (χ1v) is 6.48. The number of halogens is 1. The number of nitrogens with one attached hydrogen (secondary N) is 1. The van der Waals surface area contributed by atoms with E-state index in [9.17, 15) is 0 Å². The maximum Gasteiger partial charge on any atom is 0.0730 e. The van der Waals surface area contributed by atoms with E-state index in [1.54, 1.807) is 0 Å². The van der Waals surface area contributed by atoms with Crippen LogP contribution in [0.4, 0.5) is 5.69 Å². The minimum atomic E-state index is -0.108. The Morgan fingerprint density at radius 2 is 1.78 bits per heavy atom. The second kappa shape index (κ2) is 5.52. The molecule has 0 radical (unpaired) electrons. The van der Waals surface area contributed by atoms with Crippen molar-refractivity contribution in [3.8, 4) is 0 Å². The molecule has 5 N–H and O–H groups in total. The molecule has 94 valence electrons. The Bertz CT molecular complexity index is 537. The van der Waals surface area contributed by atoms with Crippen LogP contribution in [0.3, 0.4) is 0 Å². The van der Waals surface area contributed by atoms with Crippen molar-refractivity contribution in [1.29, 1.82) is 0 Å². The molecule has 18 heavy (non-hydrogen) atoms. The molecule has 0 bridgehead atoms. The number of benzene rings is 2. The molecule has 0 saturated carbocycles. The Morgan fingerprint density at radius 3 is 2.39 bits per heavy atom. The number of rotatable bonds is 3. The standard InChI is InChI=1S/C14H16BrN3/c1-9-2-4-10(5-3-9)14(18-17)12-8-11(15)6-7-13(12)16/h2-8,14,18H,16-17H2,1H3. The second-order valence-electron chi connectivity index (χ2n) is 4.28. The normalized spacial score (nSPS) is 12.4. The molecular formula is C14H16BrN3. The molecule has 2 aromatic carbocycles. The summed E-state index contributed by atoms with van der Waals surface area (Å²) in [6.45, 7) is 2.06. The van der Waals surface area contributed by atoms with Crippen LogP contribution in [0.15, 0.2) is 46.9 Å². The van der Waals surface area contributed by atoms with E-state index < -0.39 is 0 Å². The molecule has 0 aromatic heterocycles. The first kappa shape index (κ1) is 13.1. The van der Waals surface area contributed by atoms with Gasteiger partial charge in [-0.2, -0.15) is 0 Å². The van der Waals surface area contributed by atoms with Crippen LogP contribution >= 0.6 is 15.9 Å². The summed E-state index contributed by atoms with van der Waals surface area (Å²) in [6, 6.07) is 13.9. The predicted octanol–water partition coefficient (Wildman–Crippen LogP) is 2.89. The highest BCUT2D eigenvalue weighted by Gasteiger charge is 2.15. The first-order chi connectivity index (χ1) is 8.61. The molecular weight excluding hydrogens is 290 g/mol. The van der Waals surface area contributed by atoms with E-state index in [1.165, 1.54) is 5.56 Å². The van der Waals surface area contributed by atoms with E-state index in [-0.39, 0.29) is 6.04 Å². The van der Waals surface area contributed by atoms with Crippen molar-refractivity contribution in [2.75, 3.05) is 5.73 Å². The zero-order valence-electron chi connectivity index (χ0n) is 10.2. The molecule has 0 saturated heterocycles. The summed E-state index contributed by atoms with van der Waals surface area (Å²) in [6.07, 6.45) is 0. The van der Waals surface area contributed by atoms with Gasteiger partial charge in [0.15, 0.2) is 0 Å². The topological polar surface area (TPSA) is 64.1 Å². The van der Waals surface area contributed by atoms with Gasteiger partial charge in [0.2, 0.25) is 0 Å². The van der Waals surface area contributed by atoms with E-state index in [2.05, 4.69) is 52.5 Å². The number of anilines is 1. The van der Waals surface area contributed by atoms with Crippen LogP contribution in [0.25, 0.3) is 0 Å². The molecule has 2 aromatic rings. The lowest BCUT2D eigenvalue weighted by Crippen LogP contribution is -2.29. The third kappa shape index (κ3) is 2.72. The number of nitrogen functional groups attached to an aromatic ring is 1. The summed E-state index contributed by atoms with van der Waals surface area (Å²) in [5.41, 5.74) is 12.8. The van der Waals surface area contributed by atoms with Gasteiger partial charge in [-0.05, 0) is 36.2 Å². The van der Waals surface area contributed by atoms with Crippen molar-refractivity contribution in [1.82, 2.24) is 5.43 Å². The molecule has 0 aliphatic carbocycles. The van der Waals surface area contributed by atoms with Crippen molar-refractivity contribution in [2.45, 2.75) is 13.0 Å². The van der Waals surface area contributed by atoms with Gasteiger partial charge in [0.25, 0.3) is 0 Å². The summed E-state index contributed by atoms with van der Waals surface area (Å²) < 4.78 is 0.985. The lowest BCUT2D eigenvalue weighted by atomic mass is 9.97. The van der Waals surface area contributed by atoms with Gasteiger partial charge in [-0.3, -0.25) is 5.84 Å². The third-order valence-electron chi connectivity index (χ3n) is 2.94. The summed E-state index contributed by atoms with van der Waals surface area (Å²) in [7, 11) is 0. The fourth-order valence-electron chi connectivity index (χ4n) is 1.92. The second-order valence-corrected chi connectivity index (χ2v) is 5.20. The Hall–Kier alpha value is -1.36. The van der Waals surface area contributed by atoms with Gasteiger partial charge in [0.1, 0.15) is 0 Å². The van der Waals surface area contributed by atoms with Crippen LogP contribution in [-0.2, 0) is 0 Å². The molecule has 0 aliphatic rings. The van der Waals surface area contributed by atoms with Crippen LogP contribution in [0, 0.1) is 6.92 Å². The Balaban J connectivity index is 2.44. The number of aryl methyl sites for hydroxylation is 1. The summed E-state index contributed by atoms with van der Waals surface area (Å²) >= 11 is 3.45. The van der Waals surface area contributed by atoms with E-state index >= 15 is 0 Å². The summed E-state index contributed by atoms with van der Waals surface area (Å²) in [5.74, 6) is 5.67. The molecule has 3 nitrogen and oxygen atoms in total. The van der Waals surface area contributed by atoms with Crippen molar-refractivity contribution in [2.24, 2.45) is 5.84 Å². The Labute approximate surface area is 115 Å². The molecule has 0 amide bonds. The van der Waals surface area contributed by atoms with Crippen molar-refractivity contribution < 1.29 is 0 Å². The number of nitrogens with two attached hydrogens (primary N) is 2. The van der Waals surface area contributed by atoms with Gasteiger partial charge in [0.05, 0.1) is 6.04 Å². The van der Waals surface area contributed by atoms with Gasteiger partial charge in [0, 0.05) is 10.2 Å². The maximum absolute atomic E-state index is 6.02. The lowest BCUT2D eigenvalue weighted by Gasteiger charge is -2.19. The highest BCUT2D eigenvalue weighted by molar-refractivity contribution is 9.10. The van der Waals surface area contributed by atoms with Crippen molar-refractivity contribution in [3.63, 3.8) is 0 Å². The average Bonchev–Trinajstić information content (AvgIpc) is 2.37. The van der Waals surface area contributed by atoms with Gasteiger partial charge in [-0.25, -0.2) is 5.43 Å². The first-order valence-electron chi connectivity index (χ1n) is 5.69. The summed E-state index contributed by atoms with van der Waals surface area (Å²) in [5, 5.41) is 0. The van der Waals surface area contributed by atoms with Crippen molar-refractivity contribution in [3.05, 3.63) is 63.6 Å². The van der Waals surface area contributed by atoms with Crippen LogP contribution in [0.1, 0.15) is 22.7 Å². The Kier molecular flexibility index (Phi) is 4.01. The van der Waals surface area contributed by atoms with Crippen LogP contribution in [0.5, 0.6) is 0 Å². The van der Waals surface area contributed by atoms with Gasteiger partial charge >= 0.3 is 0 Å². The zero-order valence-corrected chi connectivity index (χ0v) is 11.7. The third-order valence-corrected chi connectivity index (χ3v) is 3.43. The molecule has 0 heterocycles. The number of hydrogen-bond donors (Lipinski definition) is 3. The molecule has 0 fully saturated rings. The van der Waals surface area contributed by atoms with E-state index in [0.717, 1.165) is 21.3 Å². The molecule has 0 aliphatic heterocycles. The van der Waals surface area contributed by atoms with Crippen LogP contribution < -0.4 is 17.0 Å². The SMILES string of the molecule is Cc1ccc(C(NN)c2cc(Br)ccc2N)cc1. The van der Waals surface area contributed by atoms with E-state index in [1.807, 2.05) is 18.2 Å². The van der Waals surface area contributed by atoms with E-state index in [0.29, 0.717) is 0 Å². The quantitative estimate of drug-likeness (QED) is 0.464. The number of hydrogen-bond acceptors (Lipinski definition) is 3. The van der Waals surface area contributed by atoms with Gasteiger partial charge < -0.3 is 5.73 Å². The minimum absolute atomic E-state index is 0.108. The van der Waals surface area contributed by atoms with Crippen LogP contribution in [-0.4, -0.2) is 0 Å². The van der Waals surface area contributed by atoms with Gasteiger partial charge in [-0.1, -0.05) is 45.8 Å². The van der Waals surface area contributed by atoms with Gasteiger partial charge in [-0.15, -0.1) is 0 Å². The monoisotopic (exact) mass is 305 g/mol. The molecule has 4 heteroatoms. The molecule has 1 atom stereocenters. The fourth-order valence-corrected chi connectivity index (χ4v) is 2.30. The highest BCUT2D eigenvalue weighted by atomic mass is 79.9. The highest BCUT2D eigenvalue weighted by Crippen LogP contribution is 2.28. The van der Waals surface area contributed by atoms with Crippen molar-refractivity contribution >= 4 is 21.6 Å². The smallest absolute Gasteiger partial charge is 0.0730 e.